The number of piperazine rings is 1. The Labute approximate surface area is 112 Å². The van der Waals surface area contributed by atoms with Gasteiger partial charge >= 0.3 is 0 Å². The van der Waals surface area contributed by atoms with E-state index < -0.39 is 11.6 Å². The minimum absolute atomic E-state index is 0.0662. The number of amides is 2. The lowest BCUT2D eigenvalue weighted by Crippen LogP contribution is -2.67. The van der Waals surface area contributed by atoms with Crippen LogP contribution >= 0.6 is 0 Å². The molecule has 0 saturated carbocycles. The number of hydrogen-bond donors (Lipinski definition) is 1. The van der Waals surface area contributed by atoms with Crippen molar-refractivity contribution in [1.82, 2.24) is 20.0 Å². The summed E-state index contributed by atoms with van der Waals surface area (Å²) in [5, 5.41) is 6.97. The predicted molar refractivity (Wildman–Crippen MR) is 70.2 cm³/mol. The highest BCUT2D eigenvalue weighted by Gasteiger charge is 2.44. The van der Waals surface area contributed by atoms with E-state index >= 15 is 0 Å². The predicted octanol–water partition coefficient (Wildman–Crippen LogP) is 0.354. The maximum Gasteiger partial charge on any atom is 0.246 e. The molecule has 0 bridgehead atoms. The zero-order chi connectivity index (χ0) is 14.4. The molecule has 1 fully saturated rings. The van der Waals surface area contributed by atoms with E-state index in [1.807, 2.05) is 20.0 Å². The van der Waals surface area contributed by atoms with E-state index in [1.54, 1.807) is 30.4 Å². The van der Waals surface area contributed by atoms with Gasteiger partial charge in [-0.05, 0) is 33.8 Å². The molecule has 2 heterocycles. The van der Waals surface area contributed by atoms with Gasteiger partial charge in [0.15, 0.2) is 0 Å². The van der Waals surface area contributed by atoms with Crippen LogP contribution in [0.15, 0.2) is 6.07 Å². The van der Waals surface area contributed by atoms with Gasteiger partial charge < -0.3 is 10.2 Å². The molecular formula is C13H20N4O2. The average molecular weight is 264 g/mol. The topological polar surface area (TPSA) is 67.2 Å². The van der Waals surface area contributed by atoms with E-state index in [4.69, 9.17) is 0 Å². The van der Waals surface area contributed by atoms with E-state index in [2.05, 4.69) is 10.4 Å². The molecule has 0 radical (unpaired) electrons. The third-order valence-electron chi connectivity index (χ3n) is 3.63. The first kappa shape index (κ1) is 13.6. The Hall–Kier alpha value is -1.85. The molecule has 104 valence electrons. The molecule has 6 heteroatoms. The molecule has 1 N–H and O–H groups in total. The summed E-state index contributed by atoms with van der Waals surface area (Å²) in [6, 6.07) is 1.45. The number of hydrogen-bond acceptors (Lipinski definition) is 3. The lowest BCUT2D eigenvalue weighted by atomic mass is 9.96. The highest BCUT2D eigenvalue weighted by molar-refractivity contribution is 5.99. The van der Waals surface area contributed by atoms with Gasteiger partial charge in [0.2, 0.25) is 11.8 Å². The van der Waals surface area contributed by atoms with Crippen LogP contribution in [0.2, 0.25) is 0 Å². The van der Waals surface area contributed by atoms with Crippen LogP contribution in [0.3, 0.4) is 0 Å². The fourth-order valence-electron chi connectivity index (χ4n) is 2.32. The molecule has 0 spiro atoms. The molecular weight excluding hydrogens is 244 g/mol. The fourth-order valence-corrected chi connectivity index (χ4v) is 2.32. The van der Waals surface area contributed by atoms with E-state index in [0.717, 1.165) is 11.4 Å². The second kappa shape index (κ2) is 4.36. The Bertz CT molecular complexity index is 533. The van der Waals surface area contributed by atoms with Crippen LogP contribution in [0.4, 0.5) is 0 Å². The van der Waals surface area contributed by atoms with Crippen LogP contribution in [0.5, 0.6) is 0 Å². The summed E-state index contributed by atoms with van der Waals surface area (Å²) < 4.78 is 1.75. The summed E-state index contributed by atoms with van der Waals surface area (Å²) in [7, 11) is 1.84. The summed E-state index contributed by atoms with van der Waals surface area (Å²) in [5.41, 5.74) is 0.972. The number of carbonyl (C=O) groups excluding carboxylic acids is 2. The van der Waals surface area contributed by atoms with Gasteiger partial charge in [-0.3, -0.25) is 14.3 Å². The van der Waals surface area contributed by atoms with Gasteiger partial charge in [-0.1, -0.05) is 0 Å². The fraction of sp³-hybridized carbons (Fsp3) is 0.615. The number of carbonyl (C=O) groups is 2. The third-order valence-corrected chi connectivity index (χ3v) is 3.63. The Kier molecular flexibility index (Phi) is 3.12. The lowest BCUT2D eigenvalue weighted by Gasteiger charge is -2.43. The normalized spacial score (nSPS) is 22.6. The molecule has 1 aromatic rings. The molecule has 1 aliphatic rings. The number of aromatic nitrogens is 2. The zero-order valence-electron chi connectivity index (χ0n) is 12.0. The van der Waals surface area contributed by atoms with Crippen molar-refractivity contribution in [2.24, 2.45) is 7.05 Å². The van der Waals surface area contributed by atoms with Gasteiger partial charge in [0.25, 0.3) is 0 Å². The van der Waals surface area contributed by atoms with Crippen LogP contribution in [-0.4, -0.2) is 38.1 Å². The highest BCUT2D eigenvalue weighted by Crippen LogP contribution is 2.23. The van der Waals surface area contributed by atoms with Gasteiger partial charge in [-0.2, -0.15) is 5.10 Å². The van der Waals surface area contributed by atoms with Crippen molar-refractivity contribution in [1.29, 1.82) is 0 Å². The van der Waals surface area contributed by atoms with Crippen molar-refractivity contribution >= 4 is 11.8 Å². The lowest BCUT2D eigenvalue weighted by molar-refractivity contribution is -0.155. The van der Waals surface area contributed by atoms with Gasteiger partial charge in [-0.15, -0.1) is 0 Å². The summed E-state index contributed by atoms with van der Waals surface area (Å²) >= 11 is 0. The summed E-state index contributed by atoms with van der Waals surface area (Å²) in [4.78, 5) is 25.9. The highest BCUT2D eigenvalue weighted by atomic mass is 16.2. The van der Waals surface area contributed by atoms with E-state index in [9.17, 15) is 9.59 Å². The molecule has 1 unspecified atom stereocenters. The number of rotatable bonds is 2. The van der Waals surface area contributed by atoms with E-state index in [0.29, 0.717) is 6.54 Å². The molecule has 0 aromatic carbocycles. The SMILES string of the molecule is Cc1cc(CN2C(=O)C(C)NC(=O)C2(C)C)n(C)n1. The number of nitrogens with one attached hydrogen (secondary N) is 1. The van der Waals surface area contributed by atoms with Crippen molar-refractivity contribution < 1.29 is 9.59 Å². The standard InChI is InChI=1S/C13H20N4O2/c1-8-6-10(16(5)15-8)7-17-11(18)9(2)14-12(19)13(17,3)4/h6,9H,7H2,1-5H3,(H,14,19). The first-order valence-electron chi connectivity index (χ1n) is 6.35. The third kappa shape index (κ3) is 2.22. The van der Waals surface area contributed by atoms with Crippen LogP contribution < -0.4 is 5.32 Å². The van der Waals surface area contributed by atoms with Gasteiger partial charge in [0.1, 0.15) is 11.6 Å². The second-order valence-corrected chi connectivity index (χ2v) is 5.58. The van der Waals surface area contributed by atoms with Crippen LogP contribution in [0.25, 0.3) is 0 Å². The maximum atomic E-state index is 12.3. The smallest absolute Gasteiger partial charge is 0.246 e. The van der Waals surface area contributed by atoms with Crippen molar-refractivity contribution in [3.63, 3.8) is 0 Å². The molecule has 2 rings (SSSR count). The maximum absolute atomic E-state index is 12.3. The molecule has 2 amide bonds. The van der Waals surface area contributed by atoms with Crippen LogP contribution in [0, 0.1) is 6.92 Å². The molecule has 1 saturated heterocycles. The van der Waals surface area contributed by atoms with Gasteiger partial charge in [0, 0.05) is 7.05 Å². The van der Waals surface area contributed by atoms with Gasteiger partial charge in [-0.25, -0.2) is 0 Å². The minimum atomic E-state index is -0.845. The molecule has 0 aliphatic carbocycles. The zero-order valence-corrected chi connectivity index (χ0v) is 12.0. The Balaban J connectivity index is 2.32. The molecule has 6 nitrogen and oxygen atoms in total. The molecule has 1 aliphatic heterocycles. The second-order valence-electron chi connectivity index (χ2n) is 5.58. The van der Waals surface area contributed by atoms with E-state index in [1.165, 1.54) is 0 Å². The quantitative estimate of drug-likeness (QED) is 0.838. The largest absolute Gasteiger partial charge is 0.343 e. The van der Waals surface area contributed by atoms with Gasteiger partial charge in [0.05, 0.1) is 17.9 Å². The summed E-state index contributed by atoms with van der Waals surface area (Å²) in [5.74, 6) is -0.193. The Morgan fingerprint density at radius 3 is 2.58 bits per heavy atom. The first-order valence-corrected chi connectivity index (χ1v) is 6.35. The Morgan fingerprint density at radius 1 is 1.42 bits per heavy atom. The average Bonchev–Trinajstić information content (AvgIpc) is 2.61. The summed E-state index contributed by atoms with van der Waals surface area (Å²) in [6.07, 6.45) is 0. The van der Waals surface area contributed by atoms with Crippen molar-refractivity contribution in [2.45, 2.75) is 45.8 Å². The van der Waals surface area contributed by atoms with Crippen LogP contribution in [-0.2, 0) is 23.2 Å². The molecule has 19 heavy (non-hydrogen) atoms. The molecule has 1 atom stereocenters. The number of nitrogens with zero attached hydrogens (tertiary/aromatic N) is 3. The van der Waals surface area contributed by atoms with Crippen molar-refractivity contribution in [3.05, 3.63) is 17.5 Å². The molecule has 1 aromatic heterocycles. The monoisotopic (exact) mass is 264 g/mol. The summed E-state index contributed by atoms with van der Waals surface area (Å²) in [6.45, 7) is 7.52. The minimum Gasteiger partial charge on any atom is -0.343 e. The van der Waals surface area contributed by atoms with Crippen molar-refractivity contribution in [3.8, 4) is 0 Å². The number of aryl methyl sites for hydroxylation is 2. The van der Waals surface area contributed by atoms with Crippen molar-refractivity contribution in [2.75, 3.05) is 0 Å². The first-order chi connectivity index (χ1) is 8.73. The van der Waals surface area contributed by atoms with E-state index in [-0.39, 0.29) is 11.8 Å². The van der Waals surface area contributed by atoms with Crippen LogP contribution in [0.1, 0.15) is 32.2 Å². The Morgan fingerprint density at radius 2 is 2.05 bits per heavy atom.